The minimum atomic E-state index is -1.10. The van der Waals surface area contributed by atoms with Crippen LogP contribution in [0.2, 0.25) is 0 Å². The second-order valence-corrected chi connectivity index (χ2v) is 7.03. The van der Waals surface area contributed by atoms with Gasteiger partial charge in [-0.25, -0.2) is 4.79 Å². The highest BCUT2D eigenvalue weighted by atomic mass is 16.4. The number of carbonyl (C=O) groups is 3. The van der Waals surface area contributed by atoms with E-state index in [1.54, 1.807) is 27.7 Å². The van der Waals surface area contributed by atoms with Crippen molar-refractivity contribution in [3.05, 3.63) is 0 Å². The van der Waals surface area contributed by atoms with E-state index < -0.39 is 35.9 Å². The fourth-order valence-corrected chi connectivity index (χ4v) is 2.17. The largest absolute Gasteiger partial charge is 0.480 e. The summed E-state index contributed by atoms with van der Waals surface area (Å²) in [5, 5.41) is 14.3. The lowest BCUT2D eigenvalue weighted by Gasteiger charge is -2.26. The number of rotatable bonds is 9. The highest BCUT2D eigenvalue weighted by molar-refractivity contribution is 5.91. The Morgan fingerprint density at radius 3 is 1.65 bits per heavy atom. The van der Waals surface area contributed by atoms with Gasteiger partial charge in [0.15, 0.2) is 0 Å². The molecule has 3 atom stereocenters. The average molecular weight is 329 g/mol. The first-order valence-corrected chi connectivity index (χ1v) is 8.06. The number of nitrogens with one attached hydrogen (secondary N) is 2. The summed E-state index contributed by atoms with van der Waals surface area (Å²) in [4.78, 5) is 35.7. The van der Waals surface area contributed by atoms with Crippen LogP contribution in [0.4, 0.5) is 0 Å². The standard InChI is InChI=1S/C16H31N3O4/c1-8(2)7-11(17)14(20)18-12(9(3)4)15(21)19-13(10(5)6)16(22)23/h8-13H,7,17H2,1-6H3,(H,18,20)(H,19,21)(H,22,23)/t11-,12-,13-/m0/s1. The van der Waals surface area contributed by atoms with E-state index in [1.807, 2.05) is 13.8 Å². The molecule has 7 nitrogen and oxygen atoms in total. The van der Waals surface area contributed by atoms with Crippen molar-refractivity contribution in [1.29, 1.82) is 0 Å². The number of carboxylic acid groups (broad SMARTS) is 1. The molecule has 5 N–H and O–H groups in total. The van der Waals surface area contributed by atoms with Crippen molar-refractivity contribution in [2.24, 2.45) is 23.5 Å². The molecule has 0 fully saturated rings. The Balaban J connectivity index is 4.94. The van der Waals surface area contributed by atoms with E-state index in [-0.39, 0.29) is 17.8 Å². The van der Waals surface area contributed by atoms with Gasteiger partial charge in [-0.3, -0.25) is 9.59 Å². The third-order valence-electron chi connectivity index (χ3n) is 3.54. The molecule has 0 aromatic heterocycles. The number of carbonyl (C=O) groups excluding carboxylic acids is 2. The minimum absolute atomic E-state index is 0.188. The van der Waals surface area contributed by atoms with Crippen LogP contribution in [0, 0.1) is 17.8 Å². The van der Waals surface area contributed by atoms with Crippen LogP contribution in [0.25, 0.3) is 0 Å². The van der Waals surface area contributed by atoms with Crippen molar-refractivity contribution < 1.29 is 19.5 Å². The Morgan fingerprint density at radius 1 is 0.870 bits per heavy atom. The lowest BCUT2D eigenvalue weighted by molar-refractivity contribution is -0.143. The van der Waals surface area contributed by atoms with E-state index in [0.29, 0.717) is 6.42 Å². The lowest BCUT2D eigenvalue weighted by Crippen LogP contribution is -2.57. The van der Waals surface area contributed by atoms with Crippen LogP contribution in [0.1, 0.15) is 48.0 Å². The topological polar surface area (TPSA) is 122 Å². The summed E-state index contributed by atoms with van der Waals surface area (Å²) in [5.41, 5.74) is 5.83. The Kier molecular flexibility index (Phi) is 8.82. The molecule has 0 saturated carbocycles. The number of hydrogen-bond acceptors (Lipinski definition) is 4. The van der Waals surface area contributed by atoms with Gasteiger partial charge in [0.1, 0.15) is 12.1 Å². The lowest BCUT2D eigenvalue weighted by atomic mass is 9.99. The zero-order valence-electron chi connectivity index (χ0n) is 14.9. The molecule has 0 unspecified atom stereocenters. The summed E-state index contributed by atoms with van der Waals surface area (Å²) in [6.45, 7) is 10.9. The highest BCUT2D eigenvalue weighted by Gasteiger charge is 2.31. The van der Waals surface area contributed by atoms with Gasteiger partial charge < -0.3 is 21.5 Å². The Morgan fingerprint density at radius 2 is 1.30 bits per heavy atom. The smallest absolute Gasteiger partial charge is 0.326 e. The van der Waals surface area contributed by atoms with Crippen molar-refractivity contribution in [3.63, 3.8) is 0 Å². The number of carboxylic acids is 1. The molecule has 0 saturated heterocycles. The van der Waals surface area contributed by atoms with Gasteiger partial charge in [0.2, 0.25) is 11.8 Å². The molecule has 0 aliphatic rings. The first kappa shape index (κ1) is 21.4. The normalized spacial score (nSPS) is 15.4. The number of amides is 2. The quantitative estimate of drug-likeness (QED) is 0.497. The Labute approximate surface area is 138 Å². The first-order valence-electron chi connectivity index (χ1n) is 8.06. The minimum Gasteiger partial charge on any atom is -0.480 e. The van der Waals surface area contributed by atoms with Crippen LogP contribution in [0.5, 0.6) is 0 Å². The summed E-state index contributed by atoms with van der Waals surface area (Å²) in [7, 11) is 0. The predicted molar refractivity (Wildman–Crippen MR) is 88.6 cm³/mol. The predicted octanol–water partition coefficient (Wildman–Crippen LogP) is 0.726. The molecule has 2 amide bonds. The summed E-state index contributed by atoms with van der Waals surface area (Å²) < 4.78 is 0. The first-order chi connectivity index (χ1) is 10.5. The van der Waals surface area contributed by atoms with Gasteiger partial charge in [0, 0.05) is 0 Å². The van der Waals surface area contributed by atoms with E-state index >= 15 is 0 Å². The van der Waals surface area contributed by atoms with Gasteiger partial charge in [-0.05, 0) is 24.2 Å². The van der Waals surface area contributed by atoms with Crippen molar-refractivity contribution in [1.82, 2.24) is 10.6 Å². The van der Waals surface area contributed by atoms with Gasteiger partial charge in [-0.2, -0.15) is 0 Å². The van der Waals surface area contributed by atoms with Crippen molar-refractivity contribution >= 4 is 17.8 Å². The van der Waals surface area contributed by atoms with Crippen LogP contribution in [0.15, 0.2) is 0 Å². The van der Waals surface area contributed by atoms with Crippen LogP contribution >= 0.6 is 0 Å². The van der Waals surface area contributed by atoms with E-state index in [2.05, 4.69) is 10.6 Å². The molecular formula is C16H31N3O4. The zero-order chi connectivity index (χ0) is 18.3. The van der Waals surface area contributed by atoms with Crippen molar-refractivity contribution in [2.75, 3.05) is 0 Å². The molecule has 0 heterocycles. The molecule has 0 rings (SSSR count). The third kappa shape index (κ3) is 7.45. The molecule has 0 aliphatic carbocycles. The summed E-state index contributed by atoms with van der Waals surface area (Å²) >= 11 is 0. The highest BCUT2D eigenvalue weighted by Crippen LogP contribution is 2.08. The van der Waals surface area contributed by atoms with E-state index in [9.17, 15) is 14.4 Å². The molecular weight excluding hydrogens is 298 g/mol. The van der Waals surface area contributed by atoms with Gasteiger partial charge in [0.05, 0.1) is 6.04 Å². The summed E-state index contributed by atoms with van der Waals surface area (Å²) in [6, 6.07) is -2.50. The molecule has 134 valence electrons. The third-order valence-corrected chi connectivity index (χ3v) is 3.54. The van der Waals surface area contributed by atoms with Gasteiger partial charge >= 0.3 is 5.97 Å². The number of aliphatic carboxylic acids is 1. The Hall–Kier alpha value is -1.63. The van der Waals surface area contributed by atoms with Crippen LogP contribution in [-0.2, 0) is 14.4 Å². The molecule has 23 heavy (non-hydrogen) atoms. The molecule has 0 aliphatic heterocycles. The maximum Gasteiger partial charge on any atom is 0.326 e. The molecule has 0 radical (unpaired) electrons. The number of nitrogens with two attached hydrogens (primary N) is 1. The molecule has 7 heteroatoms. The SMILES string of the molecule is CC(C)C[C@H](N)C(=O)N[C@H](C(=O)N[C@H](C(=O)O)C(C)C)C(C)C. The van der Waals surface area contributed by atoms with Crippen molar-refractivity contribution in [3.8, 4) is 0 Å². The van der Waals surface area contributed by atoms with Gasteiger partial charge in [0.25, 0.3) is 0 Å². The van der Waals surface area contributed by atoms with E-state index in [1.165, 1.54) is 0 Å². The second-order valence-electron chi connectivity index (χ2n) is 7.03. The van der Waals surface area contributed by atoms with E-state index in [4.69, 9.17) is 10.8 Å². The molecule has 0 aromatic rings. The zero-order valence-corrected chi connectivity index (χ0v) is 14.9. The molecule has 0 bridgehead atoms. The monoisotopic (exact) mass is 329 g/mol. The maximum atomic E-state index is 12.4. The molecule has 0 spiro atoms. The van der Waals surface area contributed by atoms with Crippen molar-refractivity contribution in [2.45, 2.75) is 66.1 Å². The second kappa shape index (κ2) is 9.50. The van der Waals surface area contributed by atoms with Gasteiger partial charge in [-0.1, -0.05) is 41.5 Å². The fourth-order valence-electron chi connectivity index (χ4n) is 2.17. The maximum absolute atomic E-state index is 12.4. The Bertz CT molecular complexity index is 422. The van der Waals surface area contributed by atoms with Crippen LogP contribution < -0.4 is 16.4 Å². The van der Waals surface area contributed by atoms with E-state index in [0.717, 1.165) is 0 Å². The van der Waals surface area contributed by atoms with Gasteiger partial charge in [-0.15, -0.1) is 0 Å². The van der Waals surface area contributed by atoms with Crippen LogP contribution in [0.3, 0.4) is 0 Å². The summed E-state index contributed by atoms with van der Waals surface area (Å²) in [6.07, 6.45) is 0.516. The fraction of sp³-hybridized carbons (Fsp3) is 0.812. The number of hydrogen-bond donors (Lipinski definition) is 4. The molecule has 0 aromatic carbocycles. The summed E-state index contributed by atoms with van der Waals surface area (Å²) in [5.74, 6) is -2.19. The average Bonchev–Trinajstić information content (AvgIpc) is 2.39. The van der Waals surface area contributed by atoms with Crippen LogP contribution in [-0.4, -0.2) is 41.0 Å².